The van der Waals surface area contributed by atoms with Crippen molar-refractivity contribution < 1.29 is 0 Å². The minimum Gasteiger partial charge on any atom is -0.310 e. The van der Waals surface area contributed by atoms with Gasteiger partial charge in [0.25, 0.3) is 0 Å². The minimum atomic E-state index is -0.0330. The molecule has 0 amide bonds. The van der Waals surface area contributed by atoms with Gasteiger partial charge >= 0.3 is 0 Å². The van der Waals surface area contributed by atoms with Crippen LogP contribution in [0.3, 0.4) is 0 Å². The number of anilines is 3. The first-order chi connectivity index (χ1) is 16.6. The van der Waals surface area contributed by atoms with E-state index in [2.05, 4.69) is 135 Å². The number of hydrogen-bond donors (Lipinski definition) is 0. The molecule has 0 fully saturated rings. The van der Waals surface area contributed by atoms with Gasteiger partial charge in [-0.2, -0.15) is 0 Å². The highest BCUT2D eigenvalue weighted by Gasteiger charge is 2.35. The van der Waals surface area contributed by atoms with Crippen molar-refractivity contribution in [2.75, 3.05) is 4.90 Å². The molecule has 5 aromatic rings. The highest BCUT2D eigenvalue weighted by atomic mass is 15.1. The molecule has 0 saturated heterocycles. The third-order valence-corrected chi connectivity index (χ3v) is 7.18. The van der Waals surface area contributed by atoms with Gasteiger partial charge in [0, 0.05) is 22.5 Å². The SMILES string of the molecule is C=Cc1ccc2cc(N(c3ccccc3)c3ccc4c(c3)C(C)(C)c3ccccc3-4)ccc2c1. The lowest BCUT2D eigenvalue weighted by molar-refractivity contribution is 0.660. The molecule has 0 bridgehead atoms. The summed E-state index contributed by atoms with van der Waals surface area (Å²) in [7, 11) is 0. The average Bonchev–Trinajstić information content (AvgIpc) is 3.11. The Morgan fingerprint density at radius 1 is 0.588 bits per heavy atom. The van der Waals surface area contributed by atoms with Crippen LogP contribution < -0.4 is 4.90 Å². The van der Waals surface area contributed by atoms with Crippen molar-refractivity contribution in [3.63, 3.8) is 0 Å². The second-order valence-corrected chi connectivity index (χ2v) is 9.57. The Morgan fingerprint density at radius 2 is 1.24 bits per heavy atom. The van der Waals surface area contributed by atoms with E-state index in [1.807, 2.05) is 6.08 Å². The van der Waals surface area contributed by atoms with E-state index in [1.165, 1.54) is 38.7 Å². The number of benzene rings is 5. The molecule has 1 heteroatoms. The van der Waals surface area contributed by atoms with Crippen LogP contribution in [-0.2, 0) is 5.41 Å². The summed E-state index contributed by atoms with van der Waals surface area (Å²) in [4.78, 5) is 2.36. The molecule has 0 unspecified atom stereocenters. The molecule has 1 aliphatic carbocycles. The molecular weight excluding hydrogens is 410 g/mol. The van der Waals surface area contributed by atoms with Crippen LogP contribution in [-0.4, -0.2) is 0 Å². The Hall–Kier alpha value is -4.10. The topological polar surface area (TPSA) is 3.24 Å². The van der Waals surface area contributed by atoms with E-state index < -0.39 is 0 Å². The van der Waals surface area contributed by atoms with Gasteiger partial charge in [-0.3, -0.25) is 0 Å². The van der Waals surface area contributed by atoms with Crippen molar-refractivity contribution in [3.8, 4) is 11.1 Å². The molecule has 34 heavy (non-hydrogen) atoms. The Bertz CT molecular complexity index is 1540. The normalized spacial score (nSPS) is 13.4. The van der Waals surface area contributed by atoms with Crippen molar-refractivity contribution in [1.29, 1.82) is 0 Å². The van der Waals surface area contributed by atoms with Gasteiger partial charge < -0.3 is 4.90 Å². The maximum atomic E-state index is 3.91. The van der Waals surface area contributed by atoms with Crippen molar-refractivity contribution in [3.05, 3.63) is 132 Å². The van der Waals surface area contributed by atoms with Gasteiger partial charge in [-0.1, -0.05) is 93.2 Å². The molecule has 6 rings (SSSR count). The molecule has 5 aromatic carbocycles. The molecule has 0 radical (unpaired) electrons. The van der Waals surface area contributed by atoms with Crippen LogP contribution >= 0.6 is 0 Å². The van der Waals surface area contributed by atoms with Crippen LogP contribution in [0, 0.1) is 0 Å². The fourth-order valence-electron chi connectivity index (χ4n) is 5.37. The van der Waals surface area contributed by atoms with Crippen LogP contribution in [0.5, 0.6) is 0 Å². The van der Waals surface area contributed by atoms with Gasteiger partial charge in [0.05, 0.1) is 0 Å². The summed E-state index contributed by atoms with van der Waals surface area (Å²) >= 11 is 0. The van der Waals surface area contributed by atoms with Crippen molar-refractivity contribution in [1.82, 2.24) is 0 Å². The van der Waals surface area contributed by atoms with E-state index in [0.29, 0.717) is 0 Å². The molecule has 0 atom stereocenters. The van der Waals surface area contributed by atoms with Crippen molar-refractivity contribution >= 4 is 33.9 Å². The third kappa shape index (κ3) is 3.16. The van der Waals surface area contributed by atoms with Crippen LogP contribution in [0.25, 0.3) is 28.0 Å². The van der Waals surface area contributed by atoms with Crippen LogP contribution in [0.1, 0.15) is 30.5 Å². The first kappa shape index (κ1) is 20.5. The molecule has 0 saturated carbocycles. The average molecular weight is 438 g/mol. The molecule has 1 aliphatic rings. The van der Waals surface area contributed by atoms with Gasteiger partial charge in [0.15, 0.2) is 0 Å². The second kappa shape index (κ2) is 7.74. The van der Waals surface area contributed by atoms with E-state index in [9.17, 15) is 0 Å². The molecule has 0 heterocycles. The van der Waals surface area contributed by atoms with Gasteiger partial charge in [0.2, 0.25) is 0 Å². The fraction of sp³-hybridized carbons (Fsp3) is 0.0909. The van der Waals surface area contributed by atoms with Gasteiger partial charge in [-0.05, 0) is 81.1 Å². The Balaban J connectivity index is 1.53. The number of hydrogen-bond acceptors (Lipinski definition) is 1. The lowest BCUT2D eigenvalue weighted by Gasteiger charge is -2.28. The summed E-state index contributed by atoms with van der Waals surface area (Å²) in [5, 5.41) is 2.44. The van der Waals surface area contributed by atoms with E-state index >= 15 is 0 Å². The first-order valence-corrected chi connectivity index (χ1v) is 11.8. The van der Waals surface area contributed by atoms with Crippen LogP contribution in [0.15, 0.2) is 116 Å². The van der Waals surface area contributed by atoms with Crippen LogP contribution in [0.4, 0.5) is 17.1 Å². The summed E-state index contributed by atoms with van der Waals surface area (Å²) in [6.07, 6.45) is 1.90. The summed E-state index contributed by atoms with van der Waals surface area (Å²) < 4.78 is 0. The monoisotopic (exact) mass is 437 g/mol. The molecule has 0 N–H and O–H groups in total. The van der Waals surface area contributed by atoms with Crippen molar-refractivity contribution in [2.45, 2.75) is 19.3 Å². The van der Waals surface area contributed by atoms with Gasteiger partial charge in [0.1, 0.15) is 0 Å². The third-order valence-electron chi connectivity index (χ3n) is 7.18. The molecular formula is C33H27N. The van der Waals surface area contributed by atoms with Gasteiger partial charge in [-0.25, -0.2) is 0 Å². The van der Waals surface area contributed by atoms with E-state index in [-0.39, 0.29) is 5.41 Å². The molecule has 1 nitrogen and oxygen atoms in total. The molecule has 0 aliphatic heterocycles. The standard InChI is InChI=1S/C33H27N/c1-4-23-14-15-25-21-27(17-16-24(25)20-23)34(26-10-6-5-7-11-26)28-18-19-30-29-12-8-9-13-31(29)33(2,3)32(30)22-28/h4-22H,1H2,2-3H3. The largest absolute Gasteiger partial charge is 0.310 e. The lowest BCUT2D eigenvalue weighted by atomic mass is 9.82. The second-order valence-electron chi connectivity index (χ2n) is 9.57. The van der Waals surface area contributed by atoms with Crippen LogP contribution in [0.2, 0.25) is 0 Å². The number of para-hydroxylation sites is 1. The summed E-state index contributed by atoms with van der Waals surface area (Å²) in [5.41, 5.74) is 10.1. The van der Waals surface area contributed by atoms with E-state index in [1.54, 1.807) is 0 Å². The summed E-state index contributed by atoms with van der Waals surface area (Å²) in [5.74, 6) is 0. The highest BCUT2D eigenvalue weighted by Crippen LogP contribution is 2.50. The number of fused-ring (bicyclic) bond motifs is 4. The maximum absolute atomic E-state index is 3.91. The predicted octanol–water partition coefficient (Wildman–Crippen LogP) is 9.26. The Kier molecular flexibility index (Phi) is 4.67. The van der Waals surface area contributed by atoms with Gasteiger partial charge in [-0.15, -0.1) is 0 Å². The number of nitrogens with zero attached hydrogens (tertiary/aromatic N) is 1. The summed E-state index contributed by atoms with van der Waals surface area (Å²) in [6, 6.07) is 39.6. The molecule has 0 spiro atoms. The Morgan fingerprint density at radius 3 is 2.06 bits per heavy atom. The molecule has 0 aromatic heterocycles. The fourth-order valence-corrected chi connectivity index (χ4v) is 5.37. The zero-order chi connectivity index (χ0) is 23.3. The first-order valence-electron chi connectivity index (χ1n) is 11.8. The molecule has 164 valence electrons. The quantitative estimate of drug-likeness (QED) is 0.271. The zero-order valence-electron chi connectivity index (χ0n) is 19.6. The van der Waals surface area contributed by atoms with E-state index in [4.69, 9.17) is 0 Å². The predicted molar refractivity (Wildman–Crippen MR) is 146 cm³/mol. The minimum absolute atomic E-state index is 0.0330. The summed E-state index contributed by atoms with van der Waals surface area (Å²) in [6.45, 7) is 8.58. The highest BCUT2D eigenvalue weighted by molar-refractivity contribution is 5.91. The van der Waals surface area contributed by atoms with E-state index in [0.717, 1.165) is 16.9 Å². The maximum Gasteiger partial charge on any atom is 0.0468 e. The zero-order valence-corrected chi connectivity index (χ0v) is 19.6. The number of rotatable bonds is 4. The Labute approximate surface area is 201 Å². The van der Waals surface area contributed by atoms with Crippen molar-refractivity contribution in [2.24, 2.45) is 0 Å². The smallest absolute Gasteiger partial charge is 0.0468 e. The lowest BCUT2D eigenvalue weighted by Crippen LogP contribution is -2.16.